The third-order valence-corrected chi connectivity index (χ3v) is 5.34. The fourth-order valence-electron chi connectivity index (χ4n) is 4.51. The van der Waals surface area contributed by atoms with Gasteiger partial charge >= 0.3 is 0 Å². The van der Waals surface area contributed by atoms with Crippen molar-refractivity contribution < 1.29 is 14.4 Å². The largest absolute Gasteiger partial charge is 0.475 e. The molecule has 2 saturated carbocycles. The van der Waals surface area contributed by atoms with Crippen LogP contribution in [-0.2, 0) is 4.74 Å². The molecule has 110 valence electrons. The number of benzene rings is 1. The lowest BCUT2D eigenvalue weighted by atomic mass is 9.84. The number of hydrogen-bond donors (Lipinski definition) is 0. The van der Waals surface area contributed by atoms with Gasteiger partial charge in [-0.1, -0.05) is 18.2 Å². The Morgan fingerprint density at radius 3 is 2.90 bits per heavy atom. The Balaban J connectivity index is 1.88. The van der Waals surface area contributed by atoms with Crippen LogP contribution in [-0.4, -0.2) is 23.7 Å². The first-order valence-electron chi connectivity index (χ1n) is 7.34. The van der Waals surface area contributed by atoms with E-state index >= 15 is 0 Å². The summed E-state index contributed by atoms with van der Waals surface area (Å²) in [6, 6.07) is 7.53. The Morgan fingerprint density at radius 1 is 1.38 bits per heavy atom. The summed E-state index contributed by atoms with van der Waals surface area (Å²) < 4.78 is 11.8. The lowest BCUT2D eigenvalue weighted by Gasteiger charge is -2.36. The van der Waals surface area contributed by atoms with Crippen molar-refractivity contribution in [1.29, 1.82) is 0 Å². The highest BCUT2D eigenvalue weighted by molar-refractivity contribution is 5.63. The number of nitro groups is 1. The molecule has 1 heterocycles. The quantitative estimate of drug-likeness (QED) is 0.620. The molecular formula is C16H17NO4. The smallest absolute Gasteiger partial charge is 0.290 e. The van der Waals surface area contributed by atoms with E-state index in [1.54, 1.807) is 13.2 Å². The molecule has 4 unspecified atom stereocenters. The first kappa shape index (κ1) is 12.8. The molecule has 2 aliphatic carbocycles. The van der Waals surface area contributed by atoms with E-state index in [0.717, 1.165) is 30.6 Å². The number of hydrogen-bond acceptors (Lipinski definition) is 4. The van der Waals surface area contributed by atoms with E-state index < -0.39 is 5.60 Å². The molecule has 0 radical (unpaired) electrons. The summed E-state index contributed by atoms with van der Waals surface area (Å²) in [5.74, 6) is 0.978. The average Bonchev–Trinajstić information content (AvgIpc) is 2.98. The van der Waals surface area contributed by atoms with Gasteiger partial charge in [0.05, 0.1) is 11.0 Å². The molecule has 5 heteroatoms. The average molecular weight is 287 g/mol. The minimum Gasteiger partial charge on any atom is -0.475 e. The van der Waals surface area contributed by atoms with E-state index in [0.29, 0.717) is 0 Å². The molecule has 1 aromatic rings. The van der Waals surface area contributed by atoms with Crippen molar-refractivity contribution in [1.82, 2.24) is 0 Å². The molecule has 1 aromatic carbocycles. The highest BCUT2D eigenvalue weighted by Crippen LogP contribution is 2.60. The van der Waals surface area contributed by atoms with Gasteiger partial charge < -0.3 is 9.47 Å². The van der Waals surface area contributed by atoms with Gasteiger partial charge in [-0.15, -0.1) is 0 Å². The van der Waals surface area contributed by atoms with Crippen molar-refractivity contribution in [2.45, 2.75) is 31.0 Å². The normalized spacial score (nSPS) is 36.2. The van der Waals surface area contributed by atoms with Crippen LogP contribution in [0.3, 0.4) is 0 Å². The molecule has 1 aliphatic heterocycles. The standard InChI is InChI=1S/C16H17NO4/c1-20-14-9-11-6-7-12(14)16(11)15(17(18)19)8-10-4-2-3-5-13(10)21-16/h2-5,8,11-12,14H,6-7,9H2,1H3. The van der Waals surface area contributed by atoms with Gasteiger partial charge in [-0.25, -0.2) is 0 Å². The topological polar surface area (TPSA) is 61.6 Å². The first-order valence-corrected chi connectivity index (χ1v) is 7.34. The van der Waals surface area contributed by atoms with Gasteiger partial charge in [0.25, 0.3) is 5.70 Å². The SMILES string of the molecule is COC1CC2CCC1C21Oc2ccccc2C=C1[N+](=O)[O-]. The first-order chi connectivity index (χ1) is 10.2. The molecule has 0 saturated heterocycles. The zero-order valence-electron chi connectivity index (χ0n) is 11.8. The van der Waals surface area contributed by atoms with Crippen LogP contribution in [0, 0.1) is 22.0 Å². The Bertz CT molecular complexity index is 641. The summed E-state index contributed by atoms with van der Waals surface area (Å²) in [6.07, 6.45) is 4.49. The molecule has 3 aliphatic rings. The fraction of sp³-hybridized carbons (Fsp3) is 0.500. The van der Waals surface area contributed by atoms with Crippen molar-refractivity contribution in [3.8, 4) is 5.75 Å². The van der Waals surface area contributed by atoms with Crippen LogP contribution < -0.4 is 4.74 Å². The maximum Gasteiger partial charge on any atom is 0.290 e. The fourth-order valence-corrected chi connectivity index (χ4v) is 4.51. The summed E-state index contributed by atoms with van der Waals surface area (Å²) in [5.41, 5.74) is 0.182. The molecule has 21 heavy (non-hydrogen) atoms. The van der Waals surface area contributed by atoms with Gasteiger partial charge in [0.15, 0.2) is 0 Å². The second-order valence-electron chi connectivity index (χ2n) is 6.11. The van der Waals surface area contributed by atoms with E-state index in [9.17, 15) is 10.1 Å². The highest BCUT2D eigenvalue weighted by Gasteiger charge is 2.68. The van der Waals surface area contributed by atoms with Crippen molar-refractivity contribution >= 4 is 6.08 Å². The number of methoxy groups -OCH3 is 1. The van der Waals surface area contributed by atoms with Gasteiger partial charge in [0.2, 0.25) is 5.60 Å². The summed E-state index contributed by atoms with van der Waals surface area (Å²) in [4.78, 5) is 11.4. The minimum atomic E-state index is -0.807. The van der Waals surface area contributed by atoms with Crippen molar-refractivity contribution in [3.63, 3.8) is 0 Å². The Labute approximate surface area is 122 Å². The molecule has 0 aromatic heterocycles. The van der Waals surface area contributed by atoms with Crippen LogP contribution >= 0.6 is 0 Å². The monoisotopic (exact) mass is 287 g/mol. The van der Waals surface area contributed by atoms with Crippen molar-refractivity contribution in [2.75, 3.05) is 7.11 Å². The zero-order valence-corrected chi connectivity index (χ0v) is 11.8. The third kappa shape index (κ3) is 1.55. The van der Waals surface area contributed by atoms with Gasteiger partial charge in [0, 0.05) is 30.6 Å². The predicted octanol–water partition coefficient (Wildman–Crippen LogP) is 2.88. The van der Waals surface area contributed by atoms with Crippen LogP contribution in [0.25, 0.3) is 6.08 Å². The molecule has 0 amide bonds. The summed E-state index contributed by atoms with van der Waals surface area (Å²) in [6.45, 7) is 0. The van der Waals surface area contributed by atoms with E-state index in [2.05, 4.69) is 0 Å². The molecule has 2 fully saturated rings. The second-order valence-corrected chi connectivity index (χ2v) is 6.11. The number of rotatable bonds is 2. The Hall–Kier alpha value is -1.88. The van der Waals surface area contributed by atoms with Crippen LogP contribution in [0.15, 0.2) is 30.0 Å². The minimum absolute atomic E-state index is 0.0531. The van der Waals surface area contributed by atoms with Gasteiger partial charge in [-0.3, -0.25) is 10.1 Å². The number of ether oxygens (including phenoxy) is 2. The van der Waals surface area contributed by atoms with Gasteiger partial charge in [0.1, 0.15) is 5.75 Å². The highest BCUT2D eigenvalue weighted by atomic mass is 16.6. The van der Waals surface area contributed by atoms with E-state index in [1.807, 2.05) is 24.3 Å². The molecule has 1 spiro atoms. The Kier molecular flexibility index (Phi) is 2.63. The van der Waals surface area contributed by atoms with Gasteiger partial charge in [-0.05, 0) is 25.3 Å². The molecule has 4 atom stereocenters. The third-order valence-electron chi connectivity index (χ3n) is 5.34. The number of fused-ring (bicyclic) bond motifs is 1. The molecule has 0 N–H and O–H groups in total. The van der Waals surface area contributed by atoms with Gasteiger partial charge in [-0.2, -0.15) is 0 Å². The number of para-hydroxylation sites is 1. The number of nitrogens with zero attached hydrogens (tertiary/aromatic N) is 1. The Morgan fingerprint density at radius 2 is 2.19 bits per heavy atom. The van der Waals surface area contributed by atoms with Crippen LogP contribution in [0.2, 0.25) is 0 Å². The van der Waals surface area contributed by atoms with E-state index in [-0.39, 0.29) is 28.6 Å². The molecule has 4 rings (SSSR count). The summed E-state index contributed by atoms with van der Waals surface area (Å²) in [5, 5.41) is 11.7. The lowest BCUT2D eigenvalue weighted by Crippen LogP contribution is -2.48. The summed E-state index contributed by atoms with van der Waals surface area (Å²) >= 11 is 0. The zero-order chi connectivity index (χ0) is 14.6. The van der Waals surface area contributed by atoms with E-state index in [1.165, 1.54) is 0 Å². The lowest BCUT2D eigenvalue weighted by molar-refractivity contribution is -0.444. The maximum absolute atomic E-state index is 11.7. The van der Waals surface area contributed by atoms with Crippen molar-refractivity contribution in [3.05, 3.63) is 45.6 Å². The molecule has 2 bridgehead atoms. The maximum atomic E-state index is 11.7. The molecule has 5 nitrogen and oxygen atoms in total. The summed E-state index contributed by atoms with van der Waals surface area (Å²) in [7, 11) is 1.69. The van der Waals surface area contributed by atoms with E-state index in [4.69, 9.17) is 9.47 Å². The van der Waals surface area contributed by atoms with Crippen LogP contribution in [0.4, 0.5) is 0 Å². The predicted molar refractivity (Wildman–Crippen MR) is 76.4 cm³/mol. The van der Waals surface area contributed by atoms with Crippen LogP contribution in [0.1, 0.15) is 24.8 Å². The van der Waals surface area contributed by atoms with Crippen LogP contribution in [0.5, 0.6) is 5.75 Å². The second kappa shape index (κ2) is 4.31. The van der Waals surface area contributed by atoms with Crippen molar-refractivity contribution in [2.24, 2.45) is 11.8 Å². The molecular weight excluding hydrogens is 270 g/mol.